The number of pyridine rings is 2. The zero-order valence-electron chi connectivity index (χ0n) is 23.8. The van der Waals surface area contributed by atoms with E-state index in [4.69, 9.17) is 20.4 Å². The van der Waals surface area contributed by atoms with E-state index >= 15 is 0 Å². The van der Waals surface area contributed by atoms with Crippen molar-refractivity contribution in [2.45, 2.75) is 50.3 Å². The number of benzene rings is 1. The van der Waals surface area contributed by atoms with Crippen molar-refractivity contribution in [1.82, 2.24) is 39.5 Å². The molecule has 2 fully saturated rings. The molecule has 1 aromatic carbocycles. The van der Waals surface area contributed by atoms with Crippen LogP contribution in [0, 0.1) is 0 Å². The summed E-state index contributed by atoms with van der Waals surface area (Å²) in [6, 6.07) is 16.9. The Morgan fingerprint density at radius 3 is 2.65 bits per heavy atom. The lowest BCUT2D eigenvalue weighted by molar-refractivity contribution is -0.157. The third kappa shape index (κ3) is 4.65. The Kier molecular flexibility index (Phi) is 6.41. The summed E-state index contributed by atoms with van der Waals surface area (Å²) in [5.74, 6) is 1.99. The maximum atomic E-state index is 12.6. The average Bonchev–Trinajstić information content (AvgIpc) is 3.76. The van der Waals surface area contributed by atoms with E-state index in [0.29, 0.717) is 36.2 Å². The number of nitrogens with zero attached hydrogens (tertiary/aromatic N) is 7. The van der Waals surface area contributed by atoms with Crippen molar-refractivity contribution >= 4 is 22.9 Å². The maximum Gasteiger partial charge on any atom is 0.251 e. The summed E-state index contributed by atoms with van der Waals surface area (Å²) < 4.78 is 9.23. The van der Waals surface area contributed by atoms with Crippen LogP contribution in [0.2, 0.25) is 0 Å². The highest BCUT2D eigenvalue weighted by molar-refractivity contribution is 5.83. The minimum atomic E-state index is -0.213. The molecular weight excluding hydrogens is 542 g/mol. The van der Waals surface area contributed by atoms with Gasteiger partial charge in [-0.2, -0.15) is 5.10 Å². The van der Waals surface area contributed by atoms with Gasteiger partial charge in [-0.25, -0.2) is 19.6 Å². The minimum absolute atomic E-state index is 0.161. The van der Waals surface area contributed by atoms with Gasteiger partial charge in [-0.1, -0.05) is 6.07 Å². The Bertz CT molecular complexity index is 1800. The molecule has 6 heterocycles. The normalized spacial score (nSPS) is 20.3. The van der Waals surface area contributed by atoms with E-state index < -0.39 is 0 Å². The summed E-state index contributed by atoms with van der Waals surface area (Å²) in [5, 5.41) is 8.27. The Balaban J connectivity index is 1.09. The van der Waals surface area contributed by atoms with Gasteiger partial charge in [0.2, 0.25) is 0 Å². The molecule has 0 saturated carbocycles. The second kappa shape index (κ2) is 10.6. The molecule has 43 heavy (non-hydrogen) atoms. The molecule has 2 saturated heterocycles. The molecule has 1 unspecified atom stereocenters. The number of aromatic nitrogens is 6. The molecule has 218 valence electrons. The van der Waals surface area contributed by atoms with E-state index in [-0.39, 0.29) is 12.0 Å². The van der Waals surface area contributed by atoms with Crippen molar-refractivity contribution in [3.05, 3.63) is 78.2 Å². The second-order valence-corrected chi connectivity index (χ2v) is 11.6. The molecule has 1 aliphatic carbocycles. The van der Waals surface area contributed by atoms with Gasteiger partial charge in [-0.3, -0.25) is 9.36 Å². The van der Waals surface area contributed by atoms with Crippen molar-refractivity contribution in [1.29, 1.82) is 0 Å². The number of fused-ring (bicyclic) bond motifs is 2. The van der Waals surface area contributed by atoms with Gasteiger partial charge in [0, 0.05) is 55.9 Å². The first-order valence-electron chi connectivity index (χ1n) is 15.0. The molecule has 8 rings (SSSR count). The predicted molar refractivity (Wildman–Crippen MR) is 162 cm³/mol. The number of nitrogens with two attached hydrogens (primary N) is 1. The highest BCUT2D eigenvalue weighted by Crippen LogP contribution is 2.36. The van der Waals surface area contributed by atoms with E-state index in [2.05, 4.69) is 38.2 Å². The molecule has 1 amide bonds. The molecule has 4 aromatic heterocycles. The topological polar surface area (TPSA) is 129 Å². The zero-order valence-corrected chi connectivity index (χ0v) is 23.8. The lowest BCUT2D eigenvalue weighted by Crippen LogP contribution is -2.51. The Morgan fingerprint density at radius 1 is 1.00 bits per heavy atom. The summed E-state index contributed by atoms with van der Waals surface area (Å²) in [6.45, 7) is 2.28. The first kappa shape index (κ1) is 26.1. The predicted octanol–water partition coefficient (Wildman–Crippen LogP) is 3.61. The summed E-state index contributed by atoms with van der Waals surface area (Å²) >= 11 is 0. The minimum Gasteiger partial charge on any atom is -0.383 e. The molecule has 0 bridgehead atoms. The molecule has 11 heteroatoms. The number of nitrogen functional groups attached to an aromatic ring is 1. The molecule has 3 aliphatic rings. The Morgan fingerprint density at radius 2 is 1.88 bits per heavy atom. The third-order valence-corrected chi connectivity index (χ3v) is 8.99. The maximum absolute atomic E-state index is 12.6. The molecule has 3 N–H and O–H groups in total. The molecule has 2 aliphatic heterocycles. The van der Waals surface area contributed by atoms with Gasteiger partial charge >= 0.3 is 0 Å². The number of likely N-dealkylation sites (tertiary alicyclic amines) is 1. The van der Waals surface area contributed by atoms with Crippen LogP contribution in [0.4, 0.5) is 5.82 Å². The van der Waals surface area contributed by atoms with E-state index in [1.807, 2.05) is 41.4 Å². The number of amides is 1. The number of piperidine rings is 1. The first-order chi connectivity index (χ1) is 21.1. The highest BCUT2D eigenvalue weighted by atomic mass is 16.5. The van der Waals surface area contributed by atoms with E-state index in [9.17, 15) is 4.79 Å². The molecule has 0 spiro atoms. The van der Waals surface area contributed by atoms with Crippen LogP contribution >= 0.6 is 0 Å². The molecule has 2 atom stereocenters. The summed E-state index contributed by atoms with van der Waals surface area (Å²) in [7, 11) is 0. The van der Waals surface area contributed by atoms with Crippen molar-refractivity contribution in [2.24, 2.45) is 0 Å². The number of imidazole rings is 1. The number of anilines is 1. The lowest BCUT2D eigenvalue weighted by Gasteiger charge is -2.37. The SMILES string of the molecule is Nc1ncccc1-c1nc2ccc(-n3cccn3)nc2n1-c1ccc2c(c1)CCC2NC1CCN(C(=O)[C@H]2CCO2)CC1. The average molecular weight is 576 g/mol. The van der Waals surface area contributed by atoms with Crippen molar-refractivity contribution < 1.29 is 9.53 Å². The molecule has 11 nitrogen and oxygen atoms in total. The van der Waals surface area contributed by atoms with Crippen LogP contribution < -0.4 is 11.1 Å². The zero-order chi connectivity index (χ0) is 28.9. The fraction of sp³-hybridized carbons (Fsp3) is 0.344. The van der Waals surface area contributed by atoms with Crippen molar-refractivity contribution in [3.63, 3.8) is 0 Å². The lowest BCUT2D eigenvalue weighted by atomic mass is 10.0. The van der Waals surface area contributed by atoms with Gasteiger partial charge in [-0.05, 0) is 79.3 Å². The van der Waals surface area contributed by atoms with Crippen LogP contribution in [-0.2, 0) is 16.0 Å². The van der Waals surface area contributed by atoms with E-state index in [1.54, 1.807) is 17.1 Å². The van der Waals surface area contributed by atoms with Crippen LogP contribution in [0.5, 0.6) is 0 Å². The standard InChI is InChI=1S/C32H33N9O2/c33-29-24(3-1-13-34-29)30-37-26-8-9-28(40-15-2-14-35-40)38-31(26)41(30)22-5-6-23-20(19-22)4-7-25(23)36-21-10-16-39(17-11-21)32(42)27-12-18-43-27/h1-3,5-6,8-9,13-15,19,21,25,27,36H,4,7,10-12,16-18H2,(H2,33,34)/t25?,27-/m1/s1. The first-order valence-corrected chi connectivity index (χ1v) is 15.0. The number of rotatable bonds is 6. The van der Waals surface area contributed by atoms with Gasteiger partial charge in [0.05, 0.1) is 12.2 Å². The molecule has 5 aromatic rings. The van der Waals surface area contributed by atoms with Gasteiger partial charge in [0.1, 0.15) is 17.4 Å². The van der Waals surface area contributed by atoms with Gasteiger partial charge in [-0.15, -0.1) is 0 Å². The largest absolute Gasteiger partial charge is 0.383 e. The number of hydrogen-bond donors (Lipinski definition) is 2. The number of hydrogen-bond acceptors (Lipinski definition) is 8. The number of carbonyl (C=O) groups excluding carboxylic acids is 1. The quantitative estimate of drug-likeness (QED) is 0.314. The van der Waals surface area contributed by atoms with Crippen LogP contribution in [0.1, 0.15) is 42.9 Å². The van der Waals surface area contributed by atoms with Gasteiger partial charge < -0.3 is 20.7 Å². The van der Waals surface area contributed by atoms with E-state index in [0.717, 1.165) is 67.6 Å². The highest BCUT2D eigenvalue weighted by Gasteiger charge is 2.34. The number of carbonyl (C=O) groups is 1. The smallest absolute Gasteiger partial charge is 0.251 e. The fourth-order valence-corrected chi connectivity index (χ4v) is 6.61. The van der Waals surface area contributed by atoms with Crippen LogP contribution in [0.3, 0.4) is 0 Å². The number of nitrogens with one attached hydrogen (secondary N) is 1. The Hall–Kier alpha value is -4.61. The summed E-state index contributed by atoms with van der Waals surface area (Å²) in [5.41, 5.74) is 12.2. The fourth-order valence-electron chi connectivity index (χ4n) is 6.61. The Labute approximate surface area is 248 Å². The summed E-state index contributed by atoms with van der Waals surface area (Å²) in [4.78, 5) is 28.8. The van der Waals surface area contributed by atoms with Crippen molar-refractivity contribution in [2.75, 3.05) is 25.4 Å². The number of aryl methyl sites for hydroxylation is 1. The van der Waals surface area contributed by atoms with Gasteiger partial charge in [0.25, 0.3) is 5.91 Å². The van der Waals surface area contributed by atoms with Gasteiger partial charge in [0.15, 0.2) is 17.3 Å². The third-order valence-electron chi connectivity index (χ3n) is 8.99. The van der Waals surface area contributed by atoms with Crippen molar-refractivity contribution in [3.8, 4) is 22.9 Å². The van der Waals surface area contributed by atoms with E-state index in [1.165, 1.54) is 11.1 Å². The molecular formula is C32H33N9O2. The second-order valence-electron chi connectivity index (χ2n) is 11.6. The van der Waals surface area contributed by atoms with Crippen LogP contribution in [0.15, 0.2) is 67.1 Å². The summed E-state index contributed by atoms with van der Waals surface area (Å²) in [6.07, 6.45) is 9.90. The van der Waals surface area contributed by atoms with Crippen LogP contribution in [0.25, 0.3) is 34.1 Å². The molecule has 0 radical (unpaired) electrons. The number of ether oxygens (including phenoxy) is 1. The monoisotopic (exact) mass is 575 g/mol. The van der Waals surface area contributed by atoms with Crippen LogP contribution in [-0.4, -0.2) is 71.9 Å².